The summed E-state index contributed by atoms with van der Waals surface area (Å²) in [5.74, 6) is 0. The molecule has 0 spiro atoms. The van der Waals surface area contributed by atoms with Crippen molar-refractivity contribution in [3.63, 3.8) is 0 Å². The van der Waals surface area contributed by atoms with Crippen LogP contribution in [0.1, 0.15) is 77.0 Å². The highest BCUT2D eigenvalue weighted by Gasteiger charge is 2.47. The average Bonchev–Trinajstić information content (AvgIpc) is 2.31. The summed E-state index contributed by atoms with van der Waals surface area (Å²) in [5.41, 5.74) is 5.99. The molecule has 0 heterocycles. The van der Waals surface area contributed by atoms with E-state index in [9.17, 15) is 0 Å². The van der Waals surface area contributed by atoms with Gasteiger partial charge in [-0.15, -0.1) is 0 Å². The van der Waals surface area contributed by atoms with Crippen LogP contribution in [0.2, 0.25) is 0 Å². The second kappa shape index (κ2) is 3.40. The van der Waals surface area contributed by atoms with E-state index in [1.807, 2.05) is 0 Å². The van der Waals surface area contributed by atoms with Crippen LogP contribution in [-0.2, 0) is 16.2 Å². The molecule has 0 heteroatoms. The zero-order chi connectivity index (χ0) is 13.2. The maximum Gasteiger partial charge on any atom is -0.00716 e. The van der Waals surface area contributed by atoms with Crippen LogP contribution in [0.3, 0.4) is 0 Å². The first-order valence-electron chi connectivity index (χ1n) is 7.40. The van der Waals surface area contributed by atoms with Crippen molar-refractivity contribution < 1.29 is 0 Å². The van der Waals surface area contributed by atoms with Gasteiger partial charge < -0.3 is 0 Å². The van der Waals surface area contributed by atoms with E-state index in [1.54, 1.807) is 11.1 Å². The lowest BCUT2D eigenvalue weighted by Gasteiger charge is -2.52. The maximum atomic E-state index is 2.52. The second-order valence-electron chi connectivity index (χ2n) is 8.13. The van der Waals surface area contributed by atoms with Crippen molar-refractivity contribution in [3.8, 4) is 0 Å². The molecule has 0 N–H and O–H groups in total. The Kier molecular flexibility index (Phi) is 2.32. The summed E-state index contributed by atoms with van der Waals surface area (Å²) in [4.78, 5) is 0. The third kappa shape index (κ3) is 1.57. The molecule has 4 rings (SSSR count). The van der Waals surface area contributed by atoms with Gasteiger partial charge >= 0.3 is 0 Å². The van der Waals surface area contributed by atoms with E-state index in [0.717, 1.165) is 0 Å². The Hall–Kier alpha value is -0.780. The van der Waals surface area contributed by atoms with Gasteiger partial charge in [-0.25, -0.2) is 0 Å². The van der Waals surface area contributed by atoms with Gasteiger partial charge in [0.1, 0.15) is 0 Å². The summed E-state index contributed by atoms with van der Waals surface area (Å²) in [6.45, 7) is 11.9. The predicted octanol–water partition coefficient (Wildman–Crippen LogP) is 5.09. The molecule has 98 valence electrons. The van der Waals surface area contributed by atoms with Crippen LogP contribution < -0.4 is 0 Å². The molecule has 18 heavy (non-hydrogen) atoms. The number of hydrogen-bond acceptors (Lipinski definition) is 0. The molecule has 1 saturated carbocycles. The van der Waals surface area contributed by atoms with Crippen LogP contribution in [-0.4, -0.2) is 0 Å². The van der Waals surface area contributed by atoms with Gasteiger partial charge in [0.05, 0.1) is 0 Å². The molecule has 0 atom stereocenters. The smallest absolute Gasteiger partial charge is 0.00716 e. The van der Waals surface area contributed by atoms with E-state index >= 15 is 0 Å². The van der Waals surface area contributed by atoms with Gasteiger partial charge in [-0.1, -0.05) is 52.8 Å². The third-order valence-corrected chi connectivity index (χ3v) is 5.64. The number of benzene rings is 1. The molecule has 3 aliphatic rings. The number of rotatable bonds is 0. The predicted molar refractivity (Wildman–Crippen MR) is 78.3 cm³/mol. The molecular weight excluding hydrogens is 216 g/mol. The molecule has 1 fully saturated rings. The Morgan fingerprint density at radius 2 is 1.33 bits per heavy atom. The fourth-order valence-electron chi connectivity index (χ4n) is 3.93. The highest BCUT2D eigenvalue weighted by atomic mass is 14.5. The Morgan fingerprint density at radius 3 is 1.83 bits per heavy atom. The molecule has 0 unspecified atom stereocenters. The molecule has 0 amide bonds. The highest BCUT2D eigenvalue weighted by molar-refractivity contribution is 5.47. The maximum absolute atomic E-state index is 2.52. The van der Waals surface area contributed by atoms with Crippen molar-refractivity contribution in [2.45, 2.75) is 76.5 Å². The lowest BCUT2D eigenvalue weighted by Crippen LogP contribution is -2.44. The van der Waals surface area contributed by atoms with E-state index < -0.39 is 0 Å². The second-order valence-corrected chi connectivity index (χ2v) is 8.13. The molecule has 0 aromatic heterocycles. The van der Waals surface area contributed by atoms with Crippen molar-refractivity contribution in [2.24, 2.45) is 0 Å². The molecule has 0 nitrogen and oxygen atoms in total. The van der Waals surface area contributed by atoms with Crippen molar-refractivity contribution in [1.82, 2.24) is 0 Å². The van der Waals surface area contributed by atoms with Crippen LogP contribution >= 0.6 is 0 Å². The van der Waals surface area contributed by atoms with Crippen molar-refractivity contribution in [2.75, 3.05) is 0 Å². The van der Waals surface area contributed by atoms with Crippen molar-refractivity contribution in [1.29, 1.82) is 0 Å². The molecule has 0 saturated heterocycles. The molecule has 2 bridgehead atoms. The fraction of sp³-hybridized carbons (Fsp3) is 0.667. The van der Waals surface area contributed by atoms with Gasteiger partial charge in [0.25, 0.3) is 0 Å². The number of fused-ring (bicyclic) bond motifs is 2. The summed E-state index contributed by atoms with van der Waals surface area (Å²) in [5, 5.41) is 0. The van der Waals surface area contributed by atoms with Crippen LogP contribution in [0.15, 0.2) is 18.2 Å². The molecule has 0 aliphatic heterocycles. The van der Waals surface area contributed by atoms with Crippen LogP contribution in [0, 0.1) is 0 Å². The Balaban J connectivity index is 2.20. The van der Waals surface area contributed by atoms with Crippen LogP contribution in [0.4, 0.5) is 0 Å². The first-order valence-corrected chi connectivity index (χ1v) is 7.40. The summed E-state index contributed by atoms with van der Waals surface area (Å²) >= 11 is 0. The topological polar surface area (TPSA) is 0 Å². The Bertz CT molecular complexity index is 479. The van der Waals surface area contributed by atoms with E-state index in [1.165, 1.54) is 31.2 Å². The molecule has 0 radical (unpaired) electrons. The van der Waals surface area contributed by atoms with E-state index in [-0.39, 0.29) is 5.41 Å². The average molecular weight is 242 g/mol. The number of hydrogen-bond donors (Lipinski definition) is 0. The first kappa shape index (κ1) is 12.3. The van der Waals surface area contributed by atoms with Crippen LogP contribution in [0.25, 0.3) is 0 Å². The van der Waals surface area contributed by atoms with Gasteiger partial charge in [-0.2, -0.15) is 0 Å². The van der Waals surface area contributed by atoms with E-state index in [4.69, 9.17) is 0 Å². The molecule has 1 aromatic carbocycles. The van der Waals surface area contributed by atoms with Gasteiger partial charge in [-0.05, 0) is 58.6 Å². The standard InChI is InChI=1S/C18H26/c1-16(2,3)13-6-7-14-15(12-13)18(5)10-8-17(14,4)9-11-18/h6-7,12H,8-11H2,1-5H3. The van der Waals surface area contributed by atoms with Gasteiger partial charge in [0, 0.05) is 0 Å². The van der Waals surface area contributed by atoms with E-state index in [0.29, 0.717) is 10.8 Å². The van der Waals surface area contributed by atoms with Gasteiger partial charge in [0.15, 0.2) is 0 Å². The minimum atomic E-state index is 0.267. The monoisotopic (exact) mass is 242 g/mol. The quantitative estimate of drug-likeness (QED) is 0.594. The third-order valence-electron chi connectivity index (χ3n) is 5.64. The summed E-state index contributed by atoms with van der Waals surface area (Å²) in [6, 6.07) is 7.33. The lowest BCUT2D eigenvalue weighted by atomic mass is 9.52. The summed E-state index contributed by atoms with van der Waals surface area (Å²) in [7, 11) is 0. The zero-order valence-electron chi connectivity index (χ0n) is 12.6. The zero-order valence-corrected chi connectivity index (χ0v) is 12.6. The minimum Gasteiger partial charge on any atom is -0.0582 e. The highest BCUT2D eigenvalue weighted by Crippen LogP contribution is 2.56. The van der Waals surface area contributed by atoms with Gasteiger partial charge in [0.2, 0.25) is 0 Å². The first-order chi connectivity index (χ1) is 8.25. The minimum absolute atomic E-state index is 0.267. The van der Waals surface area contributed by atoms with Crippen LogP contribution in [0.5, 0.6) is 0 Å². The molecular formula is C18H26. The molecule has 1 aromatic rings. The van der Waals surface area contributed by atoms with Gasteiger partial charge in [-0.3, -0.25) is 0 Å². The van der Waals surface area contributed by atoms with Crippen molar-refractivity contribution in [3.05, 3.63) is 34.9 Å². The SMILES string of the molecule is CC(C)(C)c1ccc2c(c1)C1(C)CCC2(C)CC1. The molecule has 3 aliphatic carbocycles. The summed E-state index contributed by atoms with van der Waals surface area (Å²) in [6.07, 6.45) is 5.52. The lowest BCUT2D eigenvalue weighted by molar-refractivity contribution is 0.187. The fourth-order valence-corrected chi connectivity index (χ4v) is 3.93. The Labute approximate surface area is 112 Å². The van der Waals surface area contributed by atoms with Crippen molar-refractivity contribution >= 4 is 0 Å². The van der Waals surface area contributed by atoms with E-state index in [2.05, 4.69) is 52.8 Å². The summed E-state index contributed by atoms with van der Waals surface area (Å²) < 4.78 is 0. The normalized spacial score (nSPS) is 34.5. The largest absolute Gasteiger partial charge is 0.0582 e. The Morgan fingerprint density at radius 1 is 0.833 bits per heavy atom.